The Morgan fingerprint density at radius 2 is 1.12 bits per heavy atom. The van der Waals surface area contributed by atoms with E-state index >= 15 is 0 Å². The molecule has 2 nitrogen and oxygen atoms in total. The lowest BCUT2D eigenvalue weighted by molar-refractivity contribution is -0.114. The molecule has 33 heavy (non-hydrogen) atoms. The van der Waals surface area contributed by atoms with E-state index in [9.17, 15) is 9.59 Å². The predicted octanol–water partition coefficient (Wildman–Crippen LogP) is 8.84. The number of aldehydes is 1. The van der Waals surface area contributed by atoms with E-state index in [-0.39, 0.29) is 31.5 Å². The summed E-state index contributed by atoms with van der Waals surface area (Å²) in [5.74, 6) is 1.91. The van der Waals surface area contributed by atoms with Crippen molar-refractivity contribution in [2.75, 3.05) is 11.5 Å². The Bertz CT molecular complexity index is 848. The van der Waals surface area contributed by atoms with E-state index in [1.54, 1.807) is 24.8 Å². The third kappa shape index (κ3) is 15.6. The van der Waals surface area contributed by atoms with Gasteiger partial charge in [0.15, 0.2) is 5.78 Å². The standard InChI is InChI=1S/C15H20OS.C12H16OS.2CH4/c1-12-5-7-14(8-6-12)17-11-15(3,4)10-9-13(2)16;1-10-4-6-11(7-5-10)14-9-12(2,3)8-13;;/h5-10H,11H2,1-4H3;4-8H,9H2,1-3H3;2*1H4/b10-9+;;;. The number of rotatable bonds is 9. The van der Waals surface area contributed by atoms with Crippen LogP contribution in [-0.2, 0) is 9.59 Å². The minimum absolute atomic E-state index is 0. The van der Waals surface area contributed by atoms with Gasteiger partial charge < -0.3 is 4.79 Å². The van der Waals surface area contributed by atoms with Crippen LogP contribution in [-0.4, -0.2) is 23.6 Å². The Morgan fingerprint density at radius 1 is 0.758 bits per heavy atom. The van der Waals surface area contributed by atoms with Crippen molar-refractivity contribution < 1.29 is 9.59 Å². The lowest BCUT2D eigenvalue weighted by atomic mass is 9.95. The van der Waals surface area contributed by atoms with Gasteiger partial charge in [0.05, 0.1) is 0 Å². The number of hydrogen-bond donors (Lipinski definition) is 0. The van der Waals surface area contributed by atoms with Crippen LogP contribution in [0.5, 0.6) is 0 Å². The second kappa shape index (κ2) is 16.0. The number of aryl methyl sites for hydroxylation is 2. The summed E-state index contributed by atoms with van der Waals surface area (Å²) in [7, 11) is 0. The minimum atomic E-state index is -0.227. The monoisotopic (exact) mass is 488 g/mol. The lowest BCUT2D eigenvalue weighted by Crippen LogP contribution is -2.15. The topological polar surface area (TPSA) is 34.1 Å². The minimum Gasteiger partial charge on any atom is -0.303 e. The number of ketones is 1. The van der Waals surface area contributed by atoms with Crippen LogP contribution in [0, 0.1) is 24.7 Å². The van der Waals surface area contributed by atoms with Gasteiger partial charge in [-0.2, -0.15) is 0 Å². The Balaban J connectivity index is 0. The molecule has 0 bridgehead atoms. The molecule has 0 radical (unpaired) electrons. The number of thioether (sulfide) groups is 2. The fourth-order valence-electron chi connectivity index (χ4n) is 2.23. The van der Waals surface area contributed by atoms with Gasteiger partial charge in [-0.1, -0.05) is 84.0 Å². The Labute approximate surface area is 212 Å². The average Bonchev–Trinajstić information content (AvgIpc) is 2.72. The molecular weight excluding hydrogens is 444 g/mol. The molecule has 0 aliphatic heterocycles. The van der Waals surface area contributed by atoms with Gasteiger partial charge in [0.2, 0.25) is 0 Å². The summed E-state index contributed by atoms with van der Waals surface area (Å²) in [5.41, 5.74) is 2.37. The molecule has 0 atom stereocenters. The fraction of sp³-hybridized carbons (Fsp3) is 0.448. The van der Waals surface area contributed by atoms with Crippen molar-refractivity contribution in [3.05, 3.63) is 71.8 Å². The molecule has 184 valence electrons. The first-order valence-electron chi connectivity index (χ1n) is 10.5. The van der Waals surface area contributed by atoms with Crippen molar-refractivity contribution >= 4 is 35.6 Å². The first-order chi connectivity index (χ1) is 14.4. The fourth-order valence-corrected chi connectivity index (χ4v) is 4.13. The molecule has 0 unspecified atom stereocenters. The quantitative estimate of drug-likeness (QED) is 0.200. The second-order valence-electron chi connectivity index (χ2n) is 9.24. The van der Waals surface area contributed by atoms with E-state index in [0.717, 1.165) is 17.8 Å². The number of hydrogen-bond acceptors (Lipinski definition) is 4. The van der Waals surface area contributed by atoms with Gasteiger partial charge in [0, 0.05) is 26.7 Å². The smallest absolute Gasteiger partial charge is 0.152 e. The SMILES string of the molecule is C.C.CC(=O)/C=C/C(C)(C)CSc1ccc(C)cc1.Cc1ccc(SCC(C)(C)C=O)cc1. The Kier molecular flexibility index (Phi) is 16.1. The van der Waals surface area contributed by atoms with Gasteiger partial charge in [-0.25, -0.2) is 0 Å². The maximum absolute atomic E-state index is 10.9. The van der Waals surface area contributed by atoms with E-state index in [1.807, 2.05) is 31.7 Å². The van der Waals surface area contributed by atoms with Gasteiger partial charge >= 0.3 is 0 Å². The normalized spacial score (nSPS) is 11.0. The van der Waals surface area contributed by atoms with E-state index in [4.69, 9.17) is 0 Å². The zero-order valence-electron chi connectivity index (χ0n) is 19.9. The van der Waals surface area contributed by atoms with E-state index in [0.29, 0.717) is 0 Å². The number of allylic oxidation sites excluding steroid dienone is 2. The first-order valence-corrected chi connectivity index (χ1v) is 12.4. The summed E-state index contributed by atoms with van der Waals surface area (Å²) in [6.45, 7) is 14.0. The van der Waals surface area contributed by atoms with Gasteiger partial charge in [-0.3, -0.25) is 4.79 Å². The van der Waals surface area contributed by atoms with E-state index < -0.39 is 0 Å². The number of benzene rings is 2. The molecule has 0 aromatic heterocycles. The molecule has 0 heterocycles. The summed E-state index contributed by atoms with van der Waals surface area (Å²) in [5, 5.41) is 0. The molecule has 4 heteroatoms. The highest BCUT2D eigenvalue weighted by molar-refractivity contribution is 7.99. The molecule has 0 saturated carbocycles. The van der Waals surface area contributed by atoms with Crippen LogP contribution in [0.25, 0.3) is 0 Å². The average molecular weight is 489 g/mol. The molecule has 2 rings (SSSR count). The van der Waals surface area contributed by atoms with Crippen LogP contribution < -0.4 is 0 Å². The molecule has 0 amide bonds. The van der Waals surface area contributed by atoms with Gasteiger partial charge in [-0.05, 0) is 56.5 Å². The van der Waals surface area contributed by atoms with Crippen LogP contribution in [0.1, 0.15) is 60.6 Å². The Morgan fingerprint density at radius 3 is 1.45 bits per heavy atom. The first kappa shape index (κ1) is 33.4. The largest absolute Gasteiger partial charge is 0.303 e. The van der Waals surface area contributed by atoms with Gasteiger partial charge in [0.25, 0.3) is 0 Å². The van der Waals surface area contributed by atoms with Crippen LogP contribution >= 0.6 is 23.5 Å². The van der Waals surface area contributed by atoms with Crippen molar-refractivity contribution in [2.45, 2.75) is 73.1 Å². The van der Waals surface area contributed by atoms with Crippen LogP contribution in [0.15, 0.2) is 70.5 Å². The molecule has 0 aliphatic carbocycles. The predicted molar refractivity (Wildman–Crippen MR) is 151 cm³/mol. The van der Waals surface area contributed by atoms with Crippen LogP contribution in [0.2, 0.25) is 0 Å². The highest BCUT2D eigenvalue weighted by atomic mass is 32.2. The van der Waals surface area contributed by atoms with Crippen LogP contribution in [0.4, 0.5) is 0 Å². The van der Waals surface area contributed by atoms with Gasteiger partial charge in [0.1, 0.15) is 6.29 Å². The zero-order chi connectivity index (χ0) is 23.5. The highest BCUT2D eigenvalue weighted by Crippen LogP contribution is 2.29. The third-order valence-corrected chi connectivity index (χ3v) is 7.34. The van der Waals surface area contributed by atoms with Crippen molar-refractivity contribution in [2.24, 2.45) is 10.8 Å². The summed E-state index contributed by atoms with van der Waals surface area (Å²) < 4.78 is 0. The zero-order valence-corrected chi connectivity index (χ0v) is 21.5. The highest BCUT2D eigenvalue weighted by Gasteiger charge is 2.16. The molecule has 0 N–H and O–H groups in total. The van der Waals surface area contributed by atoms with Gasteiger partial charge in [-0.15, -0.1) is 23.5 Å². The Hall–Kier alpha value is -1.78. The molecule has 0 saturated heterocycles. The third-order valence-electron chi connectivity index (χ3n) is 4.35. The summed E-state index contributed by atoms with van der Waals surface area (Å²) >= 11 is 3.55. The summed E-state index contributed by atoms with van der Waals surface area (Å²) in [6, 6.07) is 16.9. The maximum Gasteiger partial charge on any atom is 0.152 e. The maximum atomic E-state index is 10.9. The van der Waals surface area contributed by atoms with Crippen molar-refractivity contribution in [1.82, 2.24) is 0 Å². The molecule has 2 aromatic carbocycles. The summed E-state index contributed by atoms with van der Waals surface area (Å²) in [6.07, 6.45) is 4.68. The lowest BCUT2D eigenvalue weighted by Gasteiger charge is -2.19. The molecule has 0 aliphatic rings. The second-order valence-corrected chi connectivity index (χ2v) is 11.3. The van der Waals surface area contributed by atoms with Crippen LogP contribution in [0.3, 0.4) is 0 Å². The van der Waals surface area contributed by atoms with E-state index in [2.05, 4.69) is 76.2 Å². The van der Waals surface area contributed by atoms with Crippen molar-refractivity contribution in [1.29, 1.82) is 0 Å². The molecule has 2 aromatic rings. The van der Waals surface area contributed by atoms with Crippen molar-refractivity contribution in [3.8, 4) is 0 Å². The molecular formula is C29H44O2S2. The molecule has 0 spiro atoms. The number of carbonyl (C=O) groups is 2. The van der Waals surface area contributed by atoms with Crippen molar-refractivity contribution in [3.63, 3.8) is 0 Å². The number of carbonyl (C=O) groups excluding carboxylic acids is 2. The molecule has 0 fully saturated rings. The summed E-state index contributed by atoms with van der Waals surface area (Å²) in [4.78, 5) is 24.1. The van der Waals surface area contributed by atoms with E-state index in [1.165, 1.54) is 20.9 Å².